The number of benzene rings is 1. The van der Waals surface area contributed by atoms with Crippen LogP contribution in [0.1, 0.15) is 25.8 Å². The molecule has 1 fully saturated rings. The van der Waals surface area contributed by atoms with Crippen molar-refractivity contribution < 1.29 is 4.74 Å². The van der Waals surface area contributed by atoms with Crippen molar-refractivity contribution in [2.45, 2.75) is 32.4 Å². The monoisotopic (exact) mass is 308 g/mol. The molecule has 1 aromatic carbocycles. The van der Waals surface area contributed by atoms with Crippen LogP contribution in [-0.2, 0) is 4.74 Å². The first-order chi connectivity index (χ1) is 8.50. The Morgan fingerprint density at radius 2 is 2.22 bits per heavy atom. The molecule has 1 aromatic rings. The van der Waals surface area contributed by atoms with Gasteiger partial charge in [0.25, 0.3) is 0 Å². The molecule has 3 nitrogen and oxygen atoms in total. The molecule has 1 N–H and O–H groups in total. The average molecular weight is 309 g/mol. The van der Waals surface area contributed by atoms with Gasteiger partial charge in [0.2, 0.25) is 0 Å². The van der Waals surface area contributed by atoms with Crippen LogP contribution in [0.2, 0.25) is 0 Å². The van der Waals surface area contributed by atoms with E-state index in [1.807, 2.05) is 18.2 Å². The van der Waals surface area contributed by atoms with Crippen molar-refractivity contribution in [3.8, 4) is 6.07 Å². The van der Waals surface area contributed by atoms with Crippen LogP contribution in [0.15, 0.2) is 22.7 Å². The second-order valence-electron chi connectivity index (χ2n) is 5.25. The summed E-state index contributed by atoms with van der Waals surface area (Å²) < 4.78 is 6.26. The van der Waals surface area contributed by atoms with Crippen LogP contribution < -0.4 is 5.32 Å². The number of hydrogen-bond acceptors (Lipinski definition) is 3. The second kappa shape index (κ2) is 4.91. The Morgan fingerprint density at radius 1 is 1.50 bits per heavy atom. The molecule has 1 aliphatic rings. The summed E-state index contributed by atoms with van der Waals surface area (Å²) in [5, 5.41) is 12.6. The largest absolute Gasteiger partial charge is 0.381 e. The minimum absolute atomic E-state index is 0.0871. The van der Waals surface area contributed by atoms with E-state index in [0.29, 0.717) is 11.6 Å². The summed E-state index contributed by atoms with van der Waals surface area (Å²) in [4.78, 5) is 0. The molecular formula is C14H17BrN2O. The number of ether oxygens (including phenoxy) is 1. The lowest BCUT2D eigenvalue weighted by Gasteiger charge is -2.51. The van der Waals surface area contributed by atoms with Gasteiger partial charge in [-0.1, -0.05) is 19.9 Å². The highest BCUT2D eigenvalue weighted by Crippen LogP contribution is 2.44. The topological polar surface area (TPSA) is 45.0 Å². The first kappa shape index (κ1) is 13.4. The number of nitriles is 1. The first-order valence-electron chi connectivity index (χ1n) is 5.98. The molecule has 0 radical (unpaired) electrons. The van der Waals surface area contributed by atoms with Gasteiger partial charge in [-0.25, -0.2) is 0 Å². The van der Waals surface area contributed by atoms with Crippen LogP contribution in [0.3, 0.4) is 0 Å². The highest BCUT2D eigenvalue weighted by molar-refractivity contribution is 9.10. The molecule has 0 aliphatic heterocycles. The highest BCUT2D eigenvalue weighted by Gasteiger charge is 2.48. The van der Waals surface area contributed by atoms with Crippen LogP contribution >= 0.6 is 15.9 Å². The summed E-state index contributed by atoms with van der Waals surface area (Å²) in [6.45, 7) is 4.37. The van der Waals surface area contributed by atoms with Crippen molar-refractivity contribution in [2.75, 3.05) is 12.4 Å². The Kier molecular flexibility index (Phi) is 3.65. The van der Waals surface area contributed by atoms with Gasteiger partial charge in [-0.3, -0.25) is 0 Å². The van der Waals surface area contributed by atoms with Gasteiger partial charge in [0, 0.05) is 23.0 Å². The van der Waals surface area contributed by atoms with E-state index in [4.69, 9.17) is 4.74 Å². The molecule has 0 spiro atoms. The van der Waals surface area contributed by atoms with Crippen LogP contribution in [0.4, 0.5) is 5.69 Å². The quantitative estimate of drug-likeness (QED) is 0.929. The van der Waals surface area contributed by atoms with Crippen LogP contribution in [0, 0.1) is 16.7 Å². The summed E-state index contributed by atoms with van der Waals surface area (Å²) in [6.07, 6.45) is 1.26. The van der Waals surface area contributed by atoms with E-state index in [1.165, 1.54) is 0 Å². The zero-order valence-electron chi connectivity index (χ0n) is 10.8. The first-order valence-corrected chi connectivity index (χ1v) is 6.78. The number of anilines is 1. The number of methoxy groups -OCH3 is 1. The van der Waals surface area contributed by atoms with Gasteiger partial charge in [-0.05, 0) is 34.5 Å². The Balaban J connectivity index is 2.18. The zero-order valence-corrected chi connectivity index (χ0v) is 12.4. The Hall–Kier alpha value is -1.05. The number of nitrogens with one attached hydrogen (secondary N) is 1. The van der Waals surface area contributed by atoms with E-state index in [2.05, 4.69) is 41.2 Å². The minimum atomic E-state index is 0.0871. The summed E-state index contributed by atoms with van der Waals surface area (Å²) in [6, 6.07) is 8.33. The minimum Gasteiger partial charge on any atom is -0.381 e. The van der Waals surface area contributed by atoms with Gasteiger partial charge in [-0.15, -0.1) is 0 Å². The molecule has 1 aliphatic carbocycles. The molecule has 4 heteroatoms. The maximum absolute atomic E-state index is 9.19. The van der Waals surface area contributed by atoms with E-state index in [-0.39, 0.29) is 11.5 Å². The highest BCUT2D eigenvalue weighted by atomic mass is 79.9. The fraction of sp³-hybridized carbons (Fsp3) is 0.500. The molecular weight excluding hydrogens is 292 g/mol. The Bertz CT molecular complexity index is 493. The molecule has 2 rings (SSSR count). The van der Waals surface area contributed by atoms with Crippen LogP contribution in [-0.4, -0.2) is 19.3 Å². The van der Waals surface area contributed by atoms with Gasteiger partial charge in [0.1, 0.15) is 6.07 Å². The maximum Gasteiger partial charge on any atom is 0.103 e. The van der Waals surface area contributed by atoms with Crippen molar-refractivity contribution in [1.82, 2.24) is 0 Å². The summed E-state index contributed by atoms with van der Waals surface area (Å²) in [5.74, 6) is 0. The summed E-state index contributed by atoms with van der Waals surface area (Å²) in [7, 11) is 1.75. The lowest BCUT2D eigenvalue weighted by molar-refractivity contribution is -0.0794. The molecule has 96 valence electrons. The lowest BCUT2D eigenvalue weighted by atomic mass is 9.64. The second-order valence-corrected chi connectivity index (χ2v) is 6.11. The van der Waals surface area contributed by atoms with Gasteiger partial charge < -0.3 is 10.1 Å². The molecule has 0 bridgehead atoms. The SMILES string of the molecule is COC1CC(Nc2cccc(Br)c2C#N)C1(C)C. The predicted molar refractivity (Wildman–Crippen MR) is 75.5 cm³/mol. The molecule has 2 unspecified atom stereocenters. The maximum atomic E-state index is 9.19. The van der Waals surface area contributed by atoms with Gasteiger partial charge in [-0.2, -0.15) is 5.26 Å². The van der Waals surface area contributed by atoms with Gasteiger partial charge in [0.05, 0.1) is 17.4 Å². The number of rotatable bonds is 3. The van der Waals surface area contributed by atoms with E-state index in [0.717, 1.165) is 16.6 Å². The summed E-state index contributed by atoms with van der Waals surface area (Å²) >= 11 is 3.40. The fourth-order valence-corrected chi connectivity index (χ4v) is 2.93. The molecule has 2 atom stereocenters. The number of nitrogens with zero attached hydrogens (tertiary/aromatic N) is 1. The van der Waals surface area contributed by atoms with Crippen molar-refractivity contribution >= 4 is 21.6 Å². The van der Waals surface area contributed by atoms with Crippen LogP contribution in [0.5, 0.6) is 0 Å². The third-order valence-electron chi connectivity index (χ3n) is 3.92. The molecule has 0 amide bonds. The molecule has 18 heavy (non-hydrogen) atoms. The predicted octanol–water partition coefficient (Wildman–Crippen LogP) is 3.55. The van der Waals surface area contributed by atoms with E-state index >= 15 is 0 Å². The third kappa shape index (κ3) is 2.13. The molecule has 0 heterocycles. The van der Waals surface area contributed by atoms with Gasteiger partial charge in [0.15, 0.2) is 0 Å². The molecule has 0 saturated heterocycles. The fourth-order valence-electron chi connectivity index (χ4n) is 2.48. The normalized spacial score (nSPS) is 25.1. The van der Waals surface area contributed by atoms with Crippen molar-refractivity contribution in [3.05, 3.63) is 28.2 Å². The smallest absolute Gasteiger partial charge is 0.103 e. The molecule has 1 saturated carbocycles. The lowest BCUT2D eigenvalue weighted by Crippen LogP contribution is -2.57. The zero-order chi connectivity index (χ0) is 13.3. The van der Waals surface area contributed by atoms with Gasteiger partial charge >= 0.3 is 0 Å². The van der Waals surface area contributed by atoms with Crippen LogP contribution in [0.25, 0.3) is 0 Å². The van der Waals surface area contributed by atoms with Crippen molar-refractivity contribution in [2.24, 2.45) is 5.41 Å². The Labute approximate surface area is 116 Å². The van der Waals surface area contributed by atoms with E-state index in [9.17, 15) is 5.26 Å². The number of halogens is 1. The van der Waals surface area contributed by atoms with E-state index < -0.39 is 0 Å². The Morgan fingerprint density at radius 3 is 2.78 bits per heavy atom. The van der Waals surface area contributed by atoms with E-state index in [1.54, 1.807) is 7.11 Å². The summed E-state index contributed by atoms with van der Waals surface area (Å²) in [5.41, 5.74) is 1.64. The van der Waals surface area contributed by atoms with Crippen molar-refractivity contribution in [3.63, 3.8) is 0 Å². The number of hydrogen-bond donors (Lipinski definition) is 1. The third-order valence-corrected chi connectivity index (χ3v) is 4.58. The van der Waals surface area contributed by atoms with Crippen molar-refractivity contribution in [1.29, 1.82) is 5.26 Å². The standard InChI is InChI=1S/C14H17BrN2O/c1-14(2)12(7-13(14)18-3)17-11-6-4-5-10(15)9(11)8-16/h4-6,12-13,17H,7H2,1-3H3. The average Bonchev–Trinajstić information content (AvgIpc) is 2.34. The molecule has 0 aromatic heterocycles.